The minimum Gasteiger partial charge on any atom is -0.492 e. The molecule has 2 heterocycles. The second-order valence-electron chi connectivity index (χ2n) is 6.02. The molecule has 1 amide bonds. The van der Waals surface area contributed by atoms with E-state index in [0.29, 0.717) is 18.8 Å². The van der Waals surface area contributed by atoms with Crippen LogP contribution in [0.2, 0.25) is 0 Å². The van der Waals surface area contributed by atoms with Gasteiger partial charge in [-0.2, -0.15) is 0 Å². The second kappa shape index (κ2) is 8.01. The van der Waals surface area contributed by atoms with Crippen LogP contribution < -0.4 is 15.6 Å². The van der Waals surface area contributed by atoms with Gasteiger partial charge in [0, 0.05) is 0 Å². The van der Waals surface area contributed by atoms with Crippen molar-refractivity contribution < 1.29 is 9.53 Å². The zero-order valence-corrected chi connectivity index (χ0v) is 15.5. The van der Waals surface area contributed by atoms with E-state index in [9.17, 15) is 9.59 Å². The van der Waals surface area contributed by atoms with Crippen LogP contribution in [-0.4, -0.2) is 24.0 Å². The molecule has 3 aromatic rings. The first-order valence-corrected chi connectivity index (χ1v) is 9.17. The van der Waals surface area contributed by atoms with Crippen LogP contribution in [0.1, 0.15) is 21.5 Å². The first-order valence-electron chi connectivity index (χ1n) is 8.29. The molecule has 0 bridgehead atoms. The third-order valence-electron chi connectivity index (χ3n) is 3.79. The molecule has 2 aromatic heterocycles. The zero-order chi connectivity index (χ0) is 18.5. The quantitative estimate of drug-likeness (QED) is 0.654. The van der Waals surface area contributed by atoms with E-state index in [1.807, 2.05) is 43.5 Å². The van der Waals surface area contributed by atoms with Gasteiger partial charge in [0.25, 0.3) is 11.5 Å². The summed E-state index contributed by atoms with van der Waals surface area (Å²) in [6.45, 7) is 4.67. The summed E-state index contributed by atoms with van der Waals surface area (Å²) >= 11 is 1.53. The molecule has 0 fully saturated rings. The van der Waals surface area contributed by atoms with Crippen LogP contribution in [0.3, 0.4) is 0 Å². The molecule has 3 rings (SSSR count). The molecule has 5 nitrogen and oxygen atoms in total. The van der Waals surface area contributed by atoms with E-state index in [2.05, 4.69) is 16.4 Å². The van der Waals surface area contributed by atoms with Crippen molar-refractivity contribution in [3.8, 4) is 16.3 Å². The average molecular weight is 368 g/mol. The Morgan fingerprint density at radius 3 is 2.58 bits per heavy atom. The number of nitrogens with one attached hydrogen (secondary N) is 2. The number of carbonyl (C=O) groups excluding carboxylic acids is 1. The minimum absolute atomic E-state index is 0.0942. The number of aryl methyl sites for hydroxylation is 2. The maximum absolute atomic E-state index is 12.2. The fraction of sp³-hybridized carbons (Fsp3) is 0.200. The normalized spacial score (nSPS) is 10.5. The number of ether oxygens (including phenoxy) is 1. The Morgan fingerprint density at radius 2 is 1.92 bits per heavy atom. The molecule has 26 heavy (non-hydrogen) atoms. The number of carbonyl (C=O) groups is 1. The van der Waals surface area contributed by atoms with E-state index in [-0.39, 0.29) is 5.56 Å². The lowest BCUT2D eigenvalue weighted by atomic mass is 10.1. The van der Waals surface area contributed by atoms with E-state index in [4.69, 9.17) is 4.74 Å². The molecule has 0 atom stereocenters. The van der Waals surface area contributed by atoms with Crippen LogP contribution in [0.5, 0.6) is 5.75 Å². The number of thiophene rings is 1. The third-order valence-corrected chi connectivity index (χ3v) is 4.70. The maximum Gasteiger partial charge on any atom is 0.261 e. The number of pyridine rings is 1. The standard InChI is InChI=1S/C20H20N2O3S/c1-13-10-14(2)12-15(11-13)25-8-7-21-19(23)16-5-6-17(22-20(16)24)18-4-3-9-26-18/h3-6,9-12H,7-8H2,1-2H3,(H,21,23)(H,22,24). The lowest BCUT2D eigenvalue weighted by molar-refractivity contribution is 0.0945. The molecule has 0 aliphatic heterocycles. The number of aromatic nitrogens is 1. The summed E-state index contributed by atoms with van der Waals surface area (Å²) < 4.78 is 5.65. The van der Waals surface area contributed by atoms with Crippen LogP contribution in [0.4, 0.5) is 0 Å². The maximum atomic E-state index is 12.2. The second-order valence-corrected chi connectivity index (χ2v) is 6.97. The number of H-pyrrole nitrogens is 1. The van der Waals surface area contributed by atoms with Crippen molar-refractivity contribution in [3.05, 3.63) is 74.9 Å². The molecule has 2 N–H and O–H groups in total. The van der Waals surface area contributed by atoms with Crippen LogP contribution in [0, 0.1) is 13.8 Å². The molecular weight excluding hydrogens is 348 g/mol. The Hall–Kier alpha value is -2.86. The average Bonchev–Trinajstić information content (AvgIpc) is 3.12. The number of hydrogen-bond donors (Lipinski definition) is 2. The van der Waals surface area contributed by atoms with E-state index in [0.717, 1.165) is 21.8 Å². The van der Waals surface area contributed by atoms with Gasteiger partial charge in [0.05, 0.1) is 17.1 Å². The lowest BCUT2D eigenvalue weighted by Gasteiger charge is -2.09. The van der Waals surface area contributed by atoms with Gasteiger partial charge in [-0.1, -0.05) is 12.1 Å². The molecule has 134 valence electrons. The summed E-state index contributed by atoms with van der Waals surface area (Å²) in [4.78, 5) is 28.1. The molecule has 0 radical (unpaired) electrons. The van der Waals surface area contributed by atoms with Crippen molar-refractivity contribution in [2.45, 2.75) is 13.8 Å². The molecule has 0 saturated heterocycles. The first kappa shape index (κ1) is 17.9. The van der Waals surface area contributed by atoms with Gasteiger partial charge in [0.1, 0.15) is 17.9 Å². The fourth-order valence-corrected chi connectivity index (χ4v) is 3.38. The van der Waals surface area contributed by atoms with Crippen molar-refractivity contribution in [2.75, 3.05) is 13.2 Å². The Balaban J connectivity index is 1.56. The monoisotopic (exact) mass is 368 g/mol. The molecule has 0 aliphatic rings. The highest BCUT2D eigenvalue weighted by atomic mass is 32.1. The van der Waals surface area contributed by atoms with E-state index in [1.54, 1.807) is 12.1 Å². The van der Waals surface area contributed by atoms with Crippen molar-refractivity contribution in [1.82, 2.24) is 10.3 Å². The van der Waals surface area contributed by atoms with Gasteiger partial charge in [-0.3, -0.25) is 9.59 Å². The van der Waals surface area contributed by atoms with Crippen LogP contribution in [0.25, 0.3) is 10.6 Å². The molecule has 0 spiro atoms. The minimum atomic E-state index is -0.409. The number of hydrogen-bond acceptors (Lipinski definition) is 4. The van der Waals surface area contributed by atoms with E-state index >= 15 is 0 Å². The SMILES string of the molecule is Cc1cc(C)cc(OCCNC(=O)c2ccc(-c3cccs3)[nH]c2=O)c1. The highest BCUT2D eigenvalue weighted by molar-refractivity contribution is 7.13. The molecule has 0 unspecified atom stereocenters. The predicted molar refractivity (Wildman–Crippen MR) is 104 cm³/mol. The number of rotatable bonds is 6. The number of aromatic amines is 1. The van der Waals surface area contributed by atoms with Gasteiger partial charge in [-0.05, 0) is 60.7 Å². The van der Waals surface area contributed by atoms with E-state index < -0.39 is 11.5 Å². The van der Waals surface area contributed by atoms with Crippen molar-refractivity contribution in [3.63, 3.8) is 0 Å². The highest BCUT2D eigenvalue weighted by Crippen LogP contribution is 2.21. The topological polar surface area (TPSA) is 71.2 Å². The summed E-state index contributed by atoms with van der Waals surface area (Å²) in [5.74, 6) is 0.364. The van der Waals surface area contributed by atoms with E-state index in [1.165, 1.54) is 11.3 Å². The van der Waals surface area contributed by atoms with Gasteiger partial charge in [0.15, 0.2) is 0 Å². The van der Waals surface area contributed by atoms with Crippen LogP contribution in [-0.2, 0) is 0 Å². The van der Waals surface area contributed by atoms with Crippen molar-refractivity contribution in [1.29, 1.82) is 0 Å². The summed E-state index contributed by atoms with van der Waals surface area (Å²) in [6, 6.07) is 13.1. The smallest absolute Gasteiger partial charge is 0.261 e. The largest absolute Gasteiger partial charge is 0.492 e. The molecule has 0 saturated carbocycles. The van der Waals surface area contributed by atoms with Crippen LogP contribution in [0.15, 0.2) is 52.6 Å². The molecular formula is C20H20N2O3S. The summed E-state index contributed by atoms with van der Waals surface area (Å²) in [5, 5.41) is 4.65. The number of benzene rings is 1. The Kier molecular flexibility index (Phi) is 5.53. The van der Waals surface area contributed by atoms with Crippen molar-refractivity contribution in [2.24, 2.45) is 0 Å². The van der Waals surface area contributed by atoms with Gasteiger partial charge >= 0.3 is 0 Å². The Bertz CT molecular complexity index is 941. The van der Waals surface area contributed by atoms with Gasteiger partial charge in [-0.25, -0.2) is 0 Å². The van der Waals surface area contributed by atoms with Gasteiger partial charge in [-0.15, -0.1) is 11.3 Å². The summed E-state index contributed by atoms with van der Waals surface area (Å²) in [7, 11) is 0. The molecule has 0 aliphatic carbocycles. The molecule has 6 heteroatoms. The lowest BCUT2D eigenvalue weighted by Crippen LogP contribution is -2.32. The number of amides is 1. The zero-order valence-electron chi connectivity index (χ0n) is 14.7. The predicted octanol–water partition coefficient (Wildman–Crippen LogP) is 3.53. The summed E-state index contributed by atoms with van der Waals surface area (Å²) in [5.41, 5.74) is 2.66. The van der Waals surface area contributed by atoms with Gasteiger partial charge < -0.3 is 15.0 Å². The first-order chi connectivity index (χ1) is 12.5. The Labute approximate surface area is 155 Å². The Morgan fingerprint density at radius 1 is 1.15 bits per heavy atom. The van der Waals surface area contributed by atoms with Crippen molar-refractivity contribution >= 4 is 17.2 Å². The molecule has 1 aromatic carbocycles. The summed E-state index contributed by atoms with van der Waals surface area (Å²) in [6.07, 6.45) is 0. The van der Waals surface area contributed by atoms with Crippen LogP contribution >= 0.6 is 11.3 Å². The third kappa shape index (κ3) is 4.40. The highest BCUT2D eigenvalue weighted by Gasteiger charge is 2.11. The fourth-order valence-electron chi connectivity index (χ4n) is 2.67. The van der Waals surface area contributed by atoms with Gasteiger partial charge in [0.2, 0.25) is 0 Å².